The molecule has 1 aromatic carbocycles. The molecule has 2 fully saturated rings. The second-order valence-electron chi connectivity index (χ2n) is 6.44. The van der Waals surface area contributed by atoms with E-state index >= 15 is 0 Å². The molecule has 1 spiro atoms. The van der Waals surface area contributed by atoms with Crippen LogP contribution in [0.3, 0.4) is 0 Å². The summed E-state index contributed by atoms with van der Waals surface area (Å²) in [6, 6.07) is 3.55. The number of morpholine rings is 1. The van der Waals surface area contributed by atoms with Crippen molar-refractivity contribution in [3.05, 3.63) is 27.8 Å². The molecule has 118 valence electrons. The smallest absolute Gasteiger partial charge is 0.293 e. The lowest BCUT2D eigenvalue weighted by molar-refractivity contribution is -0.384. The second kappa shape index (κ2) is 4.82. The number of anilines is 1. The minimum absolute atomic E-state index is 0.172. The van der Waals surface area contributed by atoms with Crippen LogP contribution in [0.5, 0.6) is 5.75 Å². The Morgan fingerprint density at radius 1 is 1.27 bits per heavy atom. The highest BCUT2D eigenvalue weighted by atomic mass is 16.6. The summed E-state index contributed by atoms with van der Waals surface area (Å²) in [5, 5.41) is 11.5. The van der Waals surface area contributed by atoms with Gasteiger partial charge in [0.15, 0.2) is 0 Å². The molecule has 22 heavy (non-hydrogen) atoms. The highest BCUT2D eigenvalue weighted by Gasteiger charge is 2.48. The van der Waals surface area contributed by atoms with Gasteiger partial charge in [0, 0.05) is 50.3 Å². The van der Waals surface area contributed by atoms with Gasteiger partial charge in [-0.15, -0.1) is 0 Å². The number of nitro groups is 1. The highest BCUT2D eigenvalue weighted by molar-refractivity contribution is 5.69. The van der Waals surface area contributed by atoms with Crippen LogP contribution in [0.25, 0.3) is 0 Å². The van der Waals surface area contributed by atoms with Crippen LogP contribution in [0.1, 0.15) is 5.56 Å². The molecule has 3 aliphatic rings. The lowest BCUT2D eigenvalue weighted by Gasteiger charge is -2.44. The standard InChI is InChI=1S/C15H19N3O4/c1-16-9-15(10-16)8-11-6-13(18(19)20)12(7-14(11)22-15)17-2-4-21-5-3-17/h6-7H,2-5,8-10H2,1H3. The molecule has 0 saturated carbocycles. The summed E-state index contributed by atoms with van der Waals surface area (Å²) < 4.78 is 11.5. The number of ether oxygens (including phenoxy) is 2. The third-order valence-electron chi connectivity index (χ3n) is 4.66. The molecule has 7 nitrogen and oxygen atoms in total. The van der Waals surface area contributed by atoms with Crippen molar-refractivity contribution in [2.45, 2.75) is 12.0 Å². The van der Waals surface area contributed by atoms with Crippen molar-refractivity contribution in [3.8, 4) is 5.75 Å². The summed E-state index contributed by atoms with van der Waals surface area (Å²) in [6.07, 6.45) is 0.761. The first-order valence-electron chi connectivity index (χ1n) is 7.58. The molecule has 3 aliphatic heterocycles. The Kier molecular flexibility index (Phi) is 3.02. The van der Waals surface area contributed by atoms with Crippen molar-refractivity contribution in [1.82, 2.24) is 4.90 Å². The topological polar surface area (TPSA) is 68.1 Å². The lowest BCUT2D eigenvalue weighted by Crippen LogP contribution is -2.62. The maximum atomic E-state index is 11.5. The molecular formula is C15H19N3O4. The Labute approximate surface area is 128 Å². The van der Waals surface area contributed by atoms with Crippen molar-refractivity contribution < 1.29 is 14.4 Å². The van der Waals surface area contributed by atoms with Gasteiger partial charge in [-0.25, -0.2) is 0 Å². The van der Waals surface area contributed by atoms with Gasteiger partial charge in [0.25, 0.3) is 5.69 Å². The van der Waals surface area contributed by atoms with Crippen LogP contribution in [0.15, 0.2) is 12.1 Å². The second-order valence-corrected chi connectivity index (χ2v) is 6.44. The minimum Gasteiger partial charge on any atom is -0.484 e. The number of rotatable bonds is 2. The fourth-order valence-corrected chi connectivity index (χ4v) is 3.77. The summed E-state index contributed by atoms with van der Waals surface area (Å²) in [7, 11) is 2.05. The summed E-state index contributed by atoms with van der Waals surface area (Å²) >= 11 is 0. The van der Waals surface area contributed by atoms with E-state index in [-0.39, 0.29) is 16.2 Å². The zero-order valence-electron chi connectivity index (χ0n) is 12.6. The third kappa shape index (κ3) is 2.12. The molecular weight excluding hydrogens is 286 g/mol. The van der Waals surface area contributed by atoms with Gasteiger partial charge in [0.1, 0.15) is 17.0 Å². The van der Waals surface area contributed by atoms with E-state index in [0.29, 0.717) is 32.0 Å². The van der Waals surface area contributed by atoms with E-state index < -0.39 is 0 Å². The normalized spacial score (nSPS) is 23.0. The molecule has 0 amide bonds. The Hall–Kier alpha value is -1.86. The summed E-state index contributed by atoms with van der Waals surface area (Å²) in [4.78, 5) is 15.4. The number of likely N-dealkylation sites (tertiary alicyclic amines) is 1. The third-order valence-corrected chi connectivity index (χ3v) is 4.66. The molecule has 0 N–H and O–H groups in total. The molecule has 4 rings (SSSR count). The van der Waals surface area contributed by atoms with E-state index in [1.807, 2.05) is 11.0 Å². The average Bonchev–Trinajstić information content (AvgIpc) is 2.84. The van der Waals surface area contributed by atoms with Crippen LogP contribution in [0, 0.1) is 10.1 Å². The van der Waals surface area contributed by atoms with Gasteiger partial charge in [-0.1, -0.05) is 0 Å². The van der Waals surface area contributed by atoms with Crippen LogP contribution in [-0.2, 0) is 11.2 Å². The van der Waals surface area contributed by atoms with Crippen LogP contribution < -0.4 is 9.64 Å². The first-order chi connectivity index (χ1) is 10.6. The number of fused-ring (bicyclic) bond motifs is 1. The zero-order valence-corrected chi connectivity index (χ0v) is 12.6. The highest BCUT2D eigenvalue weighted by Crippen LogP contribution is 2.45. The van der Waals surface area contributed by atoms with Gasteiger partial charge in [-0.3, -0.25) is 15.0 Å². The van der Waals surface area contributed by atoms with Crippen molar-refractivity contribution in [1.29, 1.82) is 0 Å². The Morgan fingerprint density at radius 2 is 2.00 bits per heavy atom. The molecule has 0 unspecified atom stereocenters. The molecule has 0 atom stereocenters. The first kappa shape index (κ1) is 13.8. The van der Waals surface area contributed by atoms with Gasteiger partial charge >= 0.3 is 0 Å². The quantitative estimate of drug-likeness (QED) is 0.601. The van der Waals surface area contributed by atoms with E-state index in [9.17, 15) is 10.1 Å². The predicted molar refractivity (Wildman–Crippen MR) is 80.7 cm³/mol. The van der Waals surface area contributed by atoms with Gasteiger partial charge in [-0.05, 0) is 7.05 Å². The van der Waals surface area contributed by atoms with E-state index in [1.165, 1.54) is 0 Å². The van der Waals surface area contributed by atoms with E-state index in [1.54, 1.807) is 6.07 Å². The monoisotopic (exact) mass is 305 g/mol. The molecule has 0 bridgehead atoms. The van der Waals surface area contributed by atoms with Gasteiger partial charge < -0.3 is 14.4 Å². The Balaban J connectivity index is 1.69. The van der Waals surface area contributed by atoms with Gasteiger partial charge in [0.2, 0.25) is 0 Å². The molecule has 1 aromatic rings. The van der Waals surface area contributed by atoms with Crippen LogP contribution in [0.2, 0.25) is 0 Å². The molecule has 7 heteroatoms. The van der Waals surface area contributed by atoms with E-state index in [4.69, 9.17) is 9.47 Å². The number of hydrogen-bond donors (Lipinski definition) is 0. The van der Waals surface area contributed by atoms with E-state index in [2.05, 4.69) is 11.9 Å². The minimum atomic E-state index is -0.289. The van der Waals surface area contributed by atoms with Gasteiger partial charge in [0.05, 0.1) is 18.1 Å². The van der Waals surface area contributed by atoms with Crippen LogP contribution in [-0.4, -0.2) is 61.9 Å². The first-order valence-corrected chi connectivity index (χ1v) is 7.58. The molecule has 0 aromatic heterocycles. The molecule has 2 saturated heterocycles. The SMILES string of the molecule is CN1CC2(Cc3cc([N+](=O)[O-])c(N4CCOCC4)cc3O2)C1. The fourth-order valence-electron chi connectivity index (χ4n) is 3.77. The molecule has 0 radical (unpaired) electrons. The fraction of sp³-hybridized carbons (Fsp3) is 0.600. The van der Waals surface area contributed by atoms with Gasteiger partial charge in [-0.2, -0.15) is 0 Å². The van der Waals surface area contributed by atoms with Crippen molar-refractivity contribution >= 4 is 11.4 Å². The number of hydrogen-bond acceptors (Lipinski definition) is 6. The average molecular weight is 305 g/mol. The molecule has 3 heterocycles. The number of nitrogens with zero attached hydrogens (tertiary/aromatic N) is 3. The van der Waals surface area contributed by atoms with Crippen molar-refractivity contribution in [2.75, 3.05) is 51.3 Å². The Bertz CT molecular complexity index is 621. The summed E-state index contributed by atoms with van der Waals surface area (Å²) in [6.45, 7) is 4.30. The lowest BCUT2D eigenvalue weighted by atomic mass is 9.89. The number of likely N-dealkylation sites (N-methyl/N-ethyl adjacent to an activating group) is 1. The van der Waals surface area contributed by atoms with E-state index in [0.717, 1.165) is 30.8 Å². The predicted octanol–water partition coefficient (Wildman–Crippen LogP) is 1.05. The van der Waals surface area contributed by atoms with Crippen LogP contribution in [0.4, 0.5) is 11.4 Å². The van der Waals surface area contributed by atoms with Crippen molar-refractivity contribution in [2.24, 2.45) is 0 Å². The largest absolute Gasteiger partial charge is 0.484 e. The summed E-state index contributed by atoms with van der Waals surface area (Å²) in [5.41, 5.74) is 1.61. The number of nitro benzene ring substituents is 1. The van der Waals surface area contributed by atoms with Crippen LogP contribution >= 0.6 is 0 Å². The van der Waals surface area contributed by atoms with Crippen molar-refractivity contribution in [3.63, 3.8) is 0 Å². The number of benzene rings is 1. The molecule has 0 aliphatic carbocycles. The zero-order chi connectivity index (χ0) is 15.3. The Morgan fingerprint density at radius 3 is 2.64 bits per heavy atom. The maximum absolute atomic E-state index is 11.5. The maximum Gasteiger partial charge on any atom is 0.293 e. The summed E-state index contributed by atoms with van der Waals surface area (Å²) in [5.74, 6) is 0.806.